The summed E-state index contributed by atoms with van der Waals surface area (Å²) in [5, 5.41) is 0.573. The average Bonchev–Trinajstić information content (AvgIpc) is 2.75. The first-order valence-electron chi connectivity index (χ1n) is 8.94. The summed E-state index contributed by atoms with van der Waals surface area (Å²) in [7, 11) is 0. The Morgan fingerprint density at radius 2 is 2.00 bits per heavy atom. The molecule has 7 nitrogen and oxygen atoms in total. The van der Waals surface area contributed by atoms with E-state index in [0.717, 1.165) is 5.56 Å². The Hall–Kier alpha value is -2.74. The first kappa shape index (κ1) is 20.0. The Balaban J connectivity index is 1.60. The van der Waals surface area contributed by atoms with Gasteiger partial charge in [-0.3, -0.25) is 4.79 Å². The number of ether oxygens (including phenoxy) is 3. The minimum Gasteiger partial charge on any atom is -0.486 e. The minimum absolute atomic E-state index is 0.264. The molecule has 0 radical (unpaired) electrons. The predicted octanol–water partition coefficient (Wildman–Crippen LogP) is 2.78. The number of amides is 1. The van der Waals surface area contributed by atoms with E-state index < -0.39 is 5.97 Å². The number of pyridine rings is 1. The highest BCUT2D eigenvalue weighted by atomic mass is 32.2. The van der Waals surface area contributed by atoms with Crippen LogP contribution < -0.4 is 9.47 Å². The molecule has 1 aliphatic heterocycles. The molecule has 1 amide bonds. The van der Waals surface area contributed by atoms with Gasteiger partial charge in [0, 0.05) is 19.3 Å². The molecular formula is C20H22N2O5S. The topological polar surface area (TPSA) is 78.0 Å². The van der Waals surface area contributed by atoms with E-state index in [4.69, 9.17) is 14.2 Å². The van der Waals surface area contributed by atoms with Gasteiger partial charge in [-0.2, -0.15) is 0 Å². The number of hydrogen-bond donors (Lipinski definition) is 0. The number of hydrogen-bond acceptors (Lipinski definition) is 7. The lowest BCUT2D eigenvalue weighted by Gasteiger charge is -2.23. The number of likely N-dealkylation sites (N-methyl/N-ethyl adjacent to an activating group) is 1. The van der Waals surface area contributed by atoms with Crippen LogP contribution in [0.4, 0.5) is 0 Å². The van der Waals surface area contributed by atoms with Gasteiger partial charge in [-0.05, 0) is 43.0 Å². The van der Waals surface area contributed by atoms with Crippen LogP contribution in [-0.4, -0.2) is 54.4 Å². The fourth-order valence-electron chi connectivity index (χ4n) is 2.79. The molecule has 148 valence electrons. The van der Waals surface area contributed by atoms with Crippen LogP contribution in [0.25, 0.3) is 0 Å². The number of fused-ring (bicyclic) bond motifs is 1. The average molecular weight is 402 g/mol. The third-order valence-electron chi connectivity index (χ3n) is 4.23. The standard InChI is InChI=1S/C20H22N2O5S/c1-3-22(12-14-6-7-16-17(11-14)26-10-9-25-16)18(23)13-27-20(24)15-5-4-8-21-19(15)28-2/h4-8,11H,3,9-10,12-13H2,1-2H3. The summed E-state index contributed by atoms with van der Waals surface area (Å²) >= 11 is 1.35. The quantitative estimate of drug-likeness (QED) is 0.520. The van der Waals surface area contributed by atoms with Gasteiger partial charge in [0.05, 0.1) is 5.56 Å². The molecule has 1 aromatic heterocycles. The number of rotatable bonds is 7. The van der Waals surface area contributed by atoms with Crippen LogP contribution in [0.1, 0.15) is 22.8 Å². The minimum atomic E-state index is -0.554. The van der Waals surface area contributed by atoms with Gasteiger partial charge < -0.3 is 19.1 Å². The Kier molecular flexibility index (Phi) is 6.76. The SMILES string of the molecule is CCN(Cc1ccc2c(c1)OCCO2)C(=O)COC(=O)c1cccnc1SC. The van der Waals surface area contributed by atoms with Gasteiger partial charge in [0.2, 0.25) is 0 Å². The van der Waals surface area contributed by atoms with Crippen LogP contribution in [0.5, 0.6) is 11.5 Å². The molecule has 0 fully saturated rings. The molecule has 1 aromatic carbocycles. The van der Waals surface area contributed by atoms with Crippen LogP contribution in [-0.2, 0) is 16.1 Å². The van der Waals surface area contributed by atoms with Crippen LogP contribution >= 0.6 is 11.8 Å². The summed E-state index contributed by atoms with van der Waals surface area (Å²) in [5.41, 5.74) is 1.28. The molecule has 0 atom stereocenters. The second kappa shape index (κ2) is 9.45. The number of carbonyl (C=O) groups excluding carboxylic acids is 2. The fraction of sp³-hybridized carbons (Fsp3) is 0.350. The van der Waals surface area contributed by atoms with E-state index in [2.05, 4.69) is 4.98 Å². The molecular weight excluding hydrogens is 380 g/mol. The normalized spacial score (nSPS) is 12.4. The second-order valence-corrected chi connectivity index (χ2v) is 6.82. The number of carbonyl (C=O) groups is 2. The van der Waals surface area contributed by atoms with Crippen molar-refractivity contribution >= 4 is 23.6 Å². The molecule has 3 rings (SSSR count). The zero-order valence-electron chi connectivity index (χ0n) is 15.8. The van der Waals surface area contributed by atoms with Crippen molar-refractivity contribution in [2.45, 2.75) is 18.5 Å². The van der Waals surface area contributed by atoms with Gasteiger partial charge in [0.25, 0.3) is 5.91 Å². The maximum Gasteiger partial charge on any atom is 0.341 e. The van der Waals surface area contributed by atoms with E-state index in [1.165, 1.54) is 11.8 Å². The van der Waals surface area contributed by atoms with E-state index in [9.17, 15) is 9.59 Å². The molecule has 2 heterocycles. The summed E-state index contributed by atoms with van der Waals surface area (Å²) < 4.78 is 16.3. The summed E-state index contributed by atoms with van der Waals surface area (Å²) in [6.45, 7) is 3.49. The summed E-state index contributed by atoms with van der Waals surface area (Å²) in [5.74, 6) is 0.570. The summed E-state index contributed by atoms with van der Waals surface area (Å²) in [4.78, 5) is 30.6. The second-order valence-electron chi connectivity index (χ2n) is 6.02. The summed E-state index contributed by atoms with van der Waals surface area (Å²) in [6.07, 6.45) is 3.44. The molecule has 1 aliphatic rings. The molecule has 0 saturated carbocycles. The van der Waals surface area contributed by atoms with Crippen LogP contribution in [0.3, 0.4) is 0 Å². The van der Waals surface area contributed by atoms with E-state index >= 15 is 0 Å². The van der Waals surface area contributed by atoms with E-state index in [0.29, 0.717) is 48.4 Å². The van der Waals surface area contributed by atoms with Crippen LogP contribution in [0.15, 0.2) is 41.6 Å². The maximum atomic E-state index is 12.5. The number of benzene rings is 1. The van der Waals surface area contributed by atoms with E-state index in [-0.39, 0.29) is 12.5 Å². The Morgan fingerprint density at radius 1 is 1.21 bits per heavy atom. The van der Waals surface area contributed by atoms with Gasteiger partial charge in [0.1, 0.15) is 18.2 Å². The molecule has 0 unspecified atom stereocenters. The Morgan fingerprint density at radius 3 is 2.75 bits per heavy atom. The predicted molar refractivity (Wildman–Crippen MR) is 105 cm³/mol. The van der Waals surface area contributed by atoms with Gasteiger partial charge in [0.15, 0.2) is 18.1 Å². The van der Waals surface area contributed by atoms with Gasteiger partial charge in [-0.1, -0.05) is 6.07 Å². The first-order chi connectivity index (χ1) is 13.6. The largest absolute Gasteiger partial charge is 0.486 e. The highest BCUT2D eigenvalue weighted by Gasteiger charge is 2.19. The Bertz CT molecular complexity index is 858. The van der Waals surface area contributed by atoms with E-state index in [1.807, 2.05) is 31.4 Å². The number of thioether (sulfide) groups is 1. The van der Waals surface area contributed by atoms with Crippen LogP contribution in [0.2, 0.25) is 0 Å². The van der Waals surface area contributed by atoms with Crippen LogP contribution in [0, 0.1) is 0 Å². The molecule has 28 heavy (non-hydrogen) atoms. The van der Waals surface area contributed by atoms with Gasteiger partial charge >= 0.3 is 5.97 Å². The maximum absolute atomic E-state index is 12.5. The van der Waals surface area contributed by atoms with Crippen molar-refractivity contribution in [1.29, 1.82) is 0 Å². The highest BCUT2D eigenvalue weighted by Crippen LogP contribution is 2.31. The van der Waals surface area contributed by atoms with Crippen molar-refractivity contribution in [1.82, 2.24) is 9.88 Å². The molecule has 0 aliphatic carbocycles. The third kappa shape index (κ3) is 4.75. The monoisotopic (exact) mass is 402 g/mol. The zero-order valence-corrected chi connectivity index (χ0v) is 16.7. The lowest BCUT2D eigenvalue weighted by molar-refractivity contribution is -0.134. The zero-order chi connectivity index (χ0) is 19.9. The van der Waals surface area contributed by atoms with Crippen molar-refractivity contribution in [3.8, 4) is 11.5 Å². The van der Waals surface area contributed by atoms with E-state index in [1.54, 1.807) is 23.2 Å². The first-order valence-corrected chi connectivity index (χ1v) is 10.2. The molecule has 0 bridgehead atoms. The molecule has 0 spiro atoms. The molecule has 2 aromatic rings. The lowest BCUT2D eigenvalue weighted by atomic mass is 10.1. The highest BCUT2D eigenvalue weighted by molar-refractivity contribution is 7.98. The number of aromatic nitrogens is 1. The number of esters is 1. The van der Waals surface area contributed by atoms with Crippen molar-refractivity contribution < 1.29 is 23.8 Å². The van der Waals surface area contributed by atoms with Crippen molar-refractivity contribution in [2.24, 2.45) is 0 Å². The molecule has 0 saturated heterocycles. The smallest absolute Gasteiger partial charge is 0.341 e. The molecule has 8 heteroatoms. The van der Waals surface area contributed by atoms with Gasteiger partial charge in [-0.15, -0.1) is 11.8 Å². The summed E-state index contributed by atoms with van der Waals surface area (Å²) in [6, 6.07) is 8.91. The lowest BCUT2D eigenvalue weighted by Crippen LogP contribution is -2.34. The third-order valence-corrected chi connectivity index (χ3v) is 4.94. The fourth-order valence-corrected chi connectivity index (χ4v) is 3.33. The number of nitrogens with zero attached hydrogens (tertiary/aromatic N) is 2. The van der Waals surface area contributed by atoms with Crippen molar-refractivity contribution in [3.05, 3.63) is 47.7 Å². The molecule has 0 N–H and O–H groups in total. The Labute approximate surface area is 168 Å². The van der Waals surface area contributed by atoms with Crippen molar-refractivity contribution in [2.75, 3.05) is 32.6 Å². The van der Waals surface area contributed by atoms with Gasteiger partial charge in [-0.25, -0.2) is 9.78 Å². The van der Waals surface area contributed by atoms with Crippen molar-refractivity contribution in [3.63, 3.8) is 0 Å².